The number of morpholine rings is 1. The molecule has 0 bridgehead atoms. The second kappa shape index (κ2) is 9.47. The van der Waals surface area contributed by atoms with Crippen LogP contribution in [0.5, 0.6) is 0 Å². The van der Waals surface area contributed by atoms with Gasteiger partial charge < -0.3 is 14.7 Å². The number of non-ortho nitro benzene ring substituents is 1. The number of hydrogen-bond donors (Lipinski definition) is 1. The second-order valence-corrected chi connectivity index (χ2v) is 7.80. The molecule has 0 saturated carbocycles. The SMILES string of the molecule is O=C1C(=O)N(CCN2CCOCC2)[C@H](c2ccc([N+](=O)[O-])cc2)C1=C(O)c1ccc(F)cc1. The van der Waals surface area contributed by atoms with Crippen molar-refractivity contribution < 1.29 is 28.7 Å². The van der Waals surface area contributed by atoms with Gasteiger partial charge in [-0.25, -0.2) is 4.39 Å². The minimum atomic E-state index is -0.933. The third-order valence-electron chi connectivity index (χ3n) is 5.84. The number of ether oxygens (including phenoxy) is 1. The van der Waals surface area contributed by atoms with Gasteiger partial charge in [-0.3, -0.25) is 24.6 Å². The van der Waals surface area contributed by atoms with Gasteiger partial charge in [0.25, 0.3) is 17.4 Å². The van der Waals surface area contributed by atoms with Crippen molar-refractivity contribution in [2.45, 2.75) is 6.04 Å². The number of benzene rings is 2. The molecule has 4 rings (SSSR count). The number of nitrogens with zero attached hydrogens (tertiary/aromatic N) is 3. The van der Waals surface area contributed by atoms with E-state index >= 15 is 0 Å². The minimum Gasteiger partial charge on any atom is -0.507 e. The number of carbonyl (C=O) groups is 2. The number of rotatable bonds is 6. The summed E-state index contributed by atoms with van der Waals surface area (Å²) in [5.74, 6) is -2.56. The van der Waals surface area contributed by atoms with Crippen molar-refractivity contribution in [3.05, 3.63) is 81.2 Å². The summed E-state index contributed by atoms with van der Waals surface area (Å²) in [7, 11) is 0. The fourth-order valence-electron chi connectivity index (χ4n) is 4.07. The van der Waals surface area contributed by atoms with Crippen molar-refractivity contribution in [3.8, 4) is 0 Å². The second-order valence-electron chi connectivity index (χ2n) is 7.80. The maximum absolute atomic E-state index is 13.4. The Balaban J connectivity index is 1.74. The monoisotopic (exact) mass is 455 g/mol. The molecule has 2 aromatic carbocycles. The van der Waals surface area contributed by atoms with Gasteiger partial charge in [0, 0.05) is 43.9 Å². The molecule has 0 radical (unpaired) electrons. The number of nitro benzene ring substituents is 1. The van der Waals surface area contributed by atoms with Gasteiger partial charge in [0.1, 0.15) is 11.6 Å². The molecular weight excluding hydrogens is 433 g/mol. The Labute approximate surface area is 188 Å². The largest absolute Gasteiger partial charge is 0.507 e. The number of likely N-dealkylation sites (tertiary alicyclic amines) is 1. The highest BCUT2D eigenvalue weighted by molar-refractivity contribution is 6.46. The molecule has 0 spiro atoms. The highest BCUT2D eigenvalue weighted by atomic mass is 19.1. The highest BCUT2D eigenvalue weighted by Crippen LogP contribution is 2.39. The van der Waals surface area contributed by atoms with Gasteiger partial charge in [0.05, 0.1) is 29.8 Å². The van der Waals surface area contributed by atoms with Crippen LogP contribution >= 0.6 is 0 Å². The summed E-state index contributed by atoms with van der Waals surface area (Å²) in [5.41, 5.74) is 0.366. The lowest BCUT2D eigenvalue weighted by atomic mass is 9.95. The molecule has 2 aliphatic heterocycles. The molecule has 172 valence electrons. The highest BCUT2D eigenvalue weighted by Gasteiger charge is 2.46. The van der Waals surface area contributed by atoms with Crippen LogP contribution in [0, 0.1) is 15.9 Å². The number of hydrogen-bond acceptors (Lipinski definition) is 7. The van der Waals surface area contributed by atoms with Gasteiger partial charge in [0.15, 0.2) is 0 Å². The number of nitro groups is 1. The van der Waals surface area contributed by atoms with Crippen LogP contribution in [0.4, 0.5) is 10.1 Å². The third-order valence-corrected chi connectivity index (χ3v) is 5.84. The number of Topliss-reactive ketones (excluding diaryl/α,β-unsaturated/α-hetero) is 1. The molecule has 1 N–H and O–H groups in total. The van der Waals surface area contributed by atoms with Gasteiger partial charge in [-0.1, -0.05) is 0 Å². The Morgan fingerprint density at radius 3 is 2.30 bits per heavy atom. The number of amides is 1. The lowest BCUT2D eigenvalue weighted by Crippen LogP contribution is -2.42. The zero-order valence-corrected chi connectivity index (χ0v) is 17.6. The smallest absolute Gasteiger partial charge is 0.295 e. The van der Waals surface area contributed by atoms with Gasteiger partial charge in [-0.2, -0.15) is 0 Å². The lowest BCUT2D eigenvalue weighted by molar-refractivity contribution is -0.384. The molecule has 2 fully saturated rings. The molecule has 2 aliphatic rings. The number of ketones is 1. The molecule has 1 amide bonds. The van der Waals surface area contributed by atoms with E-state index in [9.17, 15) is 29.2 Å². The molecule has 10 heteroatoms. The first-order chi connectivity index (χ1) is 15.9. The average molecular weight is 455 g/mol. The minimum absolute atomic E-state index is 0.137. The summed E-state index contributed by atoms with van der Waals surface area (Å²) in [6.07, 6.45) is 0. The summed E-state index contributed by atoms with van der Waals surface area (Å²) in [6.45, 7) is 3.26. The fourth-order valence-corrected chi connectivity index (χ4v) is 4.07. The number of aliphatic hydroxyl groups excluding tert-OH is 1. The van der Waals surface area contributed by atoms with Gasteiger partial charge in [0.2, 0.25) is 0 Å². The molecule has 9 nitrogen and oxygen atoms in total. The van der Waals surface area contributed by atoms with E-state index in [1.54, 1.807) is 0 Å². The van der Waals surface area contributed by atoms with Gasteiger partial charge >= 0.3 is 0 Å². The first kappa shape index (κ1) is 22.6. The molecule has 2 aromatic rings. The Morgan fingerprint density at radius 2 is 1.70 bits per heavy atom. The van der Waals surface area contributed by atoms with Crippen LogP contribution in [0.25, 0.3) is 5.76 Å². The van der Waals surface area contributed by atoms with Crippen molar-refractivity contribution in [1.82, 2.24) is 9.80 Å². The first-order valence-electron chi connectivity index (χ1n) is 10.5. The van der Waals surface area contributed by atoms with Crippen LogP contribution in [0.2, 0.25) is 0 Å². The van der Waals surface area contributed by atoms with Crippen molar-refractivity contribution >= 4 is 23.1 Å². The summed E-state index contributed by atoms with van der Waals surface area (Å²) in [5, 5.41) is 22.0. The summed E-state index contributed by atoms with van der Waals surface area (Å²) in [4.78, 5) is 39.9. The topological polar surface area (TPSA) is 113 Å². The Kier molecular flexibility index (Phi) is 6.47. The Hall–Kier alpha value is -3.63. The molecule has 0 aliphatic carbocycles. The first-order valence-corrected chi connectivity index (χ1v) is 10.5. The standard InChI is InChI=1S/C23H22FN3O6/c24-17-5-1-16(2-6-17)21(28)19-20(15-3-7-18(8-4-15)27(31)32)26(23(30)22(19)29)10-9-25-11-13-33-14-12-25/h1-8,20,28H,9-14H2/t20-/m1/s1. The predicted molar refractivity (Wildman–Crippen MR) is 116 cm³/mol. The van der Waals surface area contributed by atoms with Crippen molar-refractivity contribution in [2.24, 2.45) is 0 Å². The number of aliphatic hydroxyl groups is 1. The molecule has 2 heterocycles. The van der Waals surface area contributed by atoms with E-state index in [0.717, 1.165) is 12.1 Å². The molecular formula is C23H22FN3O6. The number of carbonyl (C=O) groups excluding carboxylic acids is 2. The molecule has 0 unspecified atom stereocenters. The zero-order chi connectivity index (χ0) is 23.5. The van der Waals surface area contributed by atoms with Gasteiger partial charge in [-0.05, 0) is 42.0 Å². The molecule has 1 atom stereocenters. The van der Waals surface area contributed by atoms with E-state index < -0.39 is 34.2 Å². The normalized spacial score (nSPS) is 20.9. The average Bonchev–Trinajstić information content (AvgIpc) is 3.08. The molecule has 33 heavy (non-hydrogen) atoms. The Morgan fingerprint density at radius 1 is 1.06 bits per heavy atom. The maximum atomic E-state index is 13.4. The van der Waals surface area contributed by atoms with E-state index in [4.69, 9.17) is 4.74 Å². The van der Waals surface area contributed by atoms with E-state index in [0.29, 0.717) is 38.4 Å². The summed E-state index contributed by atoms with van der Waals surface area (Å²) >= 11 is 0. The lowest BCUT2D eigenvalue weighted by Gasteiger charge is -2.31. The zero-order valence-electron chi connectivity index (χ0n) is 17.6. The van der Waals surface area contributed by atoms with Crippen LogP contribution in [-0.4, -0.2) is 70.9 Å². The van der Waals surface area contributed by atoms with Crippen LogP contribution < -0.4 is 0 Å². The summed E-state index contributed by atoms with van der Waals surface area (Å²) in [6, 6.07) is 9.50. The third kappa shape index (κ3) is 4.62. The van der Waals surface area contributed by atoms with Gasteiger partial charge in [-0.15, -0.1) is 0 Å². The summed E-state index contributed by atoms with van der Waals surface area (Å²) < 4.78 is 18.7. The maximum Gasteiger partial charge on any atom is 0.295 e. The van der Waals surface area contributed by atoms with Crippen LogP contribution in [-0.2, 0) is 14.3 Å². The predicted octanol–water partition coefficient (Wildman–Crippen LogP) is 2.49. The Bertz CT molecular complexity index is 1090. The number of halogens is 1. The van der Waals surface area contributed by atoms with Crippen LogP contribution in [0.15, 0.2) is 54.1 Å². The molecule has 0 aromatic heterocycles. The van der Waals surface area contributed by atoms with Crippen molar-refractivity contribution in [3.63, 3.8) is 0 Å². The van der Waals surface area contributed by atoms with Crippen LogP contribution in [0.3, 0.4) is 0 Å². The van der Waals surface area contributed by atoms with Crippen molar-refractivity contribution in [1.29, 1.82) is 0 Å². The van der Waals surface area contributed by atoms with E-state index in [-0.39, 0.29) is 23.4 Å². The van der Waals surface area contributed by atoms with E-state index in [1.807, 2.05) is 0 Å². The van der Waals surface area contributed by atoms with Crippen molar-refractivity contribution in [2.75, 3.05) is 39.4 Å². The quantitative estimate of drug-likeness (QED) is 0.234. The molecule has 2 saturated heterocycles. The van der Waals surface area contributed by atoms with E-state index in [1.165, 1.54) is 41.3 Å². The van der Waals surface area contributed by atoms with Crippen LogP contribution in [0.1, 0.15) is 17.2 Å². The fraction of sp³-hybridized carbons (Fsp3) is 0.304. The van der Waals surface area contributed by atoms with E-state index in [2.05, 4.69) is 4.90 Å².